The van der Waals surface area contributed by atoms with Crippen LogP contribution in [0.15, 0.2) is 35.2 Å². The van der Waals surface area contributed by atoms with Crippen LogP contribution in [-0.4, -0.2) is 33.1 Å². The van der Waals surface area contributed by atoms with Crippen LogP contribution in [0, 0.1) is 0 Å². The number of benzene rings is 1. The van der Waals surface area contributed by atoms with Crippen molar-refractivity contribution in [2.24, 2.45) is 0 Å². The molecule has 1 fully saturated rings. The van der Waals surface area contributed by atoms with Crippen molar-refractivity contribution in [1.29, 1.82) is 0 Å². The summed E-state index contributed by atoms with van der Waals surface area (Å²) in [5, 5.41) is 2.96. The van der Waals surface area contributed by atoms with Crippen molar-refractivity contribution in [1.82, 2.24) is 10.2 Å². The fourth-order valence-corrected chi connectivity index (χ4v) is 3.91. The van der Waals surface area contributed by atoms with E-state index in [0.717, 1.165) is 24.8 Å². The lowest BCUT2D eigenvalue weighted by Gasteiger charge is -2.20. The summed E-state index contributed by atoms with van der Waals surface area (Å²) in [4.78, 5) is 26.7. The minimum absolute atomic E-state index is 0.0191. The first kappa shape index (κ1) is 20.6. The van der Waals surface area contributed by atoms with Crippen LogP contribution in [0.25, 0.3) is 6.08 Å². The van der Waals surface area contributed by atoms with Crippen molar-refractivity contribution in [3.63, 3.8) is 0 Å². The summed E-state index contributed by atoms with van der Waals surface area (Å²) in [6.45, 7) is 6.53. The minimum atomic E-state index is -0.191. The van der Waals surface area contributed by atoms with E-state index in [4.69, 9.17) is 12.2 Å². The van der Waals surface area contributed by atoms with Crippen LogP contribution in [-0.2, 0) is 9.59 Å². The van der Waals surface area contributed by atoms with Gasteiger partial charge < -0.3 is 5.32 Å². The molecule has 1 N–H and O–H groups in total. The Morgan fingerprint density at radius 1 is 1.19 bits per heavy atom. The maximum Gasteiger partial charge on any atom is 0.266 e. The Morgan fingerprint density at radius 2 is 1.88 bits per heavy atom. The lowest BCUT2D eigenvalue weighted by Crippen LogP contribution is -2.40. The predicted molar refractivity (Wildman–Crippen MR) is 113 cm³/mol. The summed E-state index contributed by atoms with van der Waals surface area (Å²) in [6.07, 6.45) is 4.95. The molecule has 0 aliphatic carbocycles. The van der Waals surface area contributed by atoms with E-state index >= 15 is 0 Å². The number of carbonyl (C=O) groups excluding carboxylic acids is 2. The molecule has 0 spiro atoms. The van der Waals surface area contributed by atoms with Gasteiger partial charge in [-0.3, -0.25) is 14.5 Å². The highest BCUT2D eigenvalue weighted by Gasteiger charge is 2.31. The van der Waals surface area contributed by atoms with Gasteiger partial charge in [-0.05, 0) is 45.3 Å². The highest BCUT2D eigenvalue weighted by atomic mass is 32.2. The fraction of sp³-hybridized carbons (Fsp3) is 0.450. The number of hydrogen-bond donors (Lipinski definition) is 1. The van der Waals surface area contributed by atoms with Crippen LogP contribution in [0.5, 0.6) is 0 Å². The van der Waals surface area contributed by atoms with E-state index in [1.807, 2.05) is 57.2 Å². The van der Waals surface area contributed by atoms with Gasteiger partial charge in [0.25, 0.3) is 5.91 Å². The molecule has 1 heterocycles. The average Bonchev–Trinajstić information content (AvgIpc) is 2.81. The first-order chi connectivity index (χ1) is 12.3. The minimum Gasteiger partial charge on any atom is -0.352 e. The molecule has 0 unspecified atom stereocenters. The van der Waals surface area contributed by atoms with E-state index in [1.54, 1.807) is 4.90 Å². The van der Waals surface area contributed by atoms with Crippen molar-refractivity contribution in [2.45, 2.75) is 52.0 Å². The van der Waals surface area contributed by atoms with Gasteiger partial charge in [-0.2, -0.15) is 0 Å². The van der Waals surface area contributed by atoms with Gasteiger partial charge in [0.2, 0.25) is 5.91 Å². The van der Waals surface area contributed by atoms with E-state index in [0.29, 0.717) is 22.2 Å². The average molecular weight is 391 g/mol. The molecule has 2 amide bonds. The van der Waals surface area contributed by atoms with Crippen LogP contribution in [0.4, 0.5) is 0 Å². The SMILES string of the molecule is CC(C)(C)NC(=O)CCCCCN1C(=O)C(=Cc2ccccc2)SC1=S. The monoisotopic (exact) mass is 390 g/mol. The Labute approximate surface area is 165 Å². The molecule has 2 rings (SSSR count). The Balaban J connectivity index is 1.76. The highest BCUT2D eigenvalue weighted by Crippen LogP contribution is 2.32. The number of unbranched alkanes of at least 4 members (excludes halogenated alkanes) is 2. The highest BCUT2D eigenvalue weighted by molar-refractivity contribution is 8.26. The van der Waals surface area contributed by atoms with E-state index < -0.39 is 0 Å². The summed E-state index contributed by atoms with van der Waals surface area (Å²) < 4.78 is 0.614. The Kier molecular flexibility index (Phi) is 7.41. The van der Waals surface area contributed by atoms with E-state index in [1.165, 1.54) is 11.8 Å². The Bertz CT molecular complexity index is 694. The fourth-order valence-electron chi connectivity index (χ4n) is 2.61. The van der Waals surface area contributed by atoms with Gasteiger partial charge in [-0.1, -0.05) is 60.7 Å². The van der Waals surface area contributed by atoms with Crippen molar-refractivity contribution >= 4 is 46.2 Å². The quantitative estimate of drug-likeness (QED) is 0.427. The molecule has 6 heteroatoms. The third-order valence-electron chi connectivity index (χ3n) is 3.77. The summed E-state index contributed by atoms with van der Waals surface area (Å²) in [6, 6.07) is 9.78. The van der Waals surface area contributed by atoms with Crippen LogP contribution in [0.1, 0.15) is 52.0 Å². The molecular formula is C20H26N2O2S2. The van der Waals surface area contributed by atoms with Gasteiger partial charge in [0.15, 0.2) is 0 Å². The van der Waals surface area contributed by atoms with Crippen LogP contribution in [0.2, 0.25) is 0 Å². The Hall–Kier alpha value is -1.66. The number of nitrogens with one attached hydrogen (secondary N) is 1. The largest absolute Gasteiger partial charge is 0.352 e. The standard InChI is InChI=1S/C20H26N2O2S2/c1-20(2,3)21-17(23)12-8-5-9-13-22-18(24)16(26-19(22)25)14-15-10-6-4-7-11-15/h4,6-7,10-11,14H,5,8-9,12-13H2,1-3H3,(H,21,23). The third kappa shape index (κ3) is 6.57. The zero-order valence-electron chi connectivity index (χ0n) is 15.6. The van der Waals surface area contributed by atoms with Gasteiger partial charge in [0.1, 0.15) is 4.32 Å². The lowest BCUT2D eigenvalue weighted by molar-refractivity contribution is -0.123. The molecule has 4 nitrogen and oxygen atoms in total. The molecule has 26 heavy (non-hydrogen) atoms. The maximum atomic E-state index is 12.5. The molecule has 0 bridgehead atoms. The zero-order valence-corrected chi connectivity index (χ0v) is 17.2. The number of amides is 2. The number of nitrogens with zero attached hydrogens (tertiary/aromatic N) is 1. The molecule has 140 valence electrons. The molecule has 1 saturated heterocycles. The second kappa shape index (κ2) is 9.33. The van der Waals surface area contributed by atoms with Gasteiger partial charge in [0.05, 0.1) is 4.91 Å². The molecule has 1 aliphatic heterocycles. The molecule has 0 aromatic heterocycles. The normalized spacial score (nSPS) is 16.4. The van der Waals surface area contributed by atoms with E-state index in [9.17, 15) is 9.59 Å². The first-order valence-electron chi connectivity index (χ1n) is 8.88. The topological polar surface area (TPSA) is 49.4 Å². The maximum absolute atomic E-state index is 12.5. The van der Waals surface area contributed by atoms with Crippen molar-refractivity contribution < 1.29 is 9.59 Å². The first-order valence-corrected chi connectivity index (χ1v) is 10.1. The van der Waals surface area contributed by atoms with Gasteiger partial charge in [-0.15, -0.1) is 0 Å². The van der Waals surface area contributed by atoms with Crippen molar-refractivity contribution in [2.75, 3.05) is 6.54 Å². The molecular weight excluding hydrogens is 364 g/mol. The van der Waals surface area contributed by atoms with Crippen LogP contribution >= 0.6 is 24.0 Å². The van der Waals surface area contributed by atoms with E-state index in [-0.39, 0.29) is 17.4 Å². The van der Waals surface area contributed by atoms with Crippen molar-refractivity contribution in [3.05, 3.63) is 40.8 Å². The summed E-state index contributed by atoms with van der Waals surface area (Å²) in [7, 11) is 0. The summed E-state index contributed by atoms with van der Waals surface area (Å²) in [5.74, 6) is 0.0586. The Morgan fingerprint density at radius 3 is 2.54 bits per heavy atom. The second-order valence-electron chi connectivity index (χ2n) is 7.35. The number of thiocarbonyl (C=S) groups is 1. The summed E-state index contributed by atoms with van der Waals surface area (Å²) in [5.41, 5.74) is 0.807. The number of rotatable bonds is 7. The zero-order chi connectivity index (χ0) is 19.2. The predicted octanol–water partition coefficient (Wildman–Crippen LogP) is 4.36. The smallest absolute Gasteiger partial charge is 0.266 e. The number of carbonyl (C=O) groups is 2. The molecule has 0 atom stereocenters. The van der Waals surface area contributed by atoms with Gasteiger partial charge >= 0.3 is 0 Å². The molecule has 1 aromatic carbocycles. The molecule has 0 saturated carbocycles. The molecule has 0 radical (unpaired) electrons. The summed E-state index contributed by atoms with van der Waals surface area (Å²) >= 11 is 6.71. The second-order valence-corrected chi connectivity index (χ2v) is 9.03. The molecule has 1 aliphatic rings. The lowest BCUT2D eigenvalue weighted by atomic mass is 10.1. The van der Waals surface area contributed by atoms with Crippen LogP contribution < -0.4 is 5.32 Å². The van der Waals surface area contributed by atoms with E-state index in [2.05, 4.69) is 5.32 Å². The van der Waals surface area contributed by atoms with Gasteiger partial charge in [-0.25, -0.2) is 0 Å². The third-order valence-corrected chi connectivity index (χ3v) is 5.15. The number of thioether (sulfide) groups is 1. The number of hydrogen-bond acceptors (Lipinski definition) is 4. The van der Waals surface area contributed by atoms with Gasteiger partial charge in [0, 0.05) is 18.5 Å². The van der Waals surface area contributed by atoms with Crippen LogP contribution in [0.3, 0.4) is 0 Å². The van der Waals surface area contributed by atoms with Crippen molar-refractivity contribution in [3.8, 4) is 0 Å². The molecule has 1 aromatic rings.